The molecule has 3 amide bonds. The Bertz CT molecular complexity index is 791. The lowest BCUT2D eigenvalue weighted by Crippen LogP contribution is -2.52. The van der Waals surface area contributed by atoms with Crippen molar-refractivity contribution in [1.82, 2.24) is 15.5 Å². The van der Waals surface area contributed by atoms with Crippen molar-refractivity contribution in [2.75, 3.05) is 13.1 Å². The number of aromatic hydroxyl groups is 1. The van der Waals surface area contributed by atoms with Gasteiger partial charge in [0.05, 0.1) is 0 Å². The molecule has 0 spiro atoms. The van der Waals surface area contributed by atoms with Crippen LogP contribution < -0.4 is 10.6 Å². The van der Waals surface area contributed by atoms with Gasteiger partial charge >= 0.3 is 6.09 Å². The molecule has 2 unspecified atom stereocenters. The first kappa shape index (κ1) is 29.3. The largest absolute Gasteiger partial charge is 0.508 e. The number of amides is 3. The first-order chi connectivity index (χ1) is 16.0. The van der Waals surface area contributed by atoms with E-state index in [4.69, 9.17) is 4.74 Å². The average molecular weight is 478 g/mol. The summed E-state index contributed by atoms with van der Waals surface area (Å²) in [6, 6.07) is 4.61. The number of ether oxygens (including phenoxy) is 1. The smallest absolute Gasteiger partial charge is 0.408 e. The van der Waals surface area contributed by atoms with E-state index < -0.39 is 29.7 Å². The fourth-order valence-corrected chi connectivity index (χ4v) is 3.52. The summed E-state index contributed by atoms with van der Waals surface area (Å²) in [5.74, 6) is -0.832. The van der Waals surface area contributed by atoms with Crippen LogP contribution in [0.2, 0.25) is 0 Å². The lowest BCUT2D eigenvalue weighted by Gasteiger charge is -2.34. The molecule has 0 aliphatic rings. The van der Waals surface area contributed by atoms with Gasteiger partial charge in [0.2, 0.25) is 11.8 Å². The Morgan fingerprint density at radius 2 is 1.68 bits per heavy atom. The molecule has 0 aliphatic heterocycles. The third-order valence-electron chi connectivity index (χ3n) is 5.26. The molecule has 0 saturated carbocycles. The number of phenols is 1. The van der Waals surface area contributed by atoms with E-state index in [1.165, 1.54) is 11.0 Å². The highest BCUT2D eigenvalue weighted by atomic mass is 16.6. The predicted molar refractivity (Wildman–Crippen MR) is 133 cm³/mol. The van der Waals surface area contributed by atoms with Crippen molar-refractivity contribution in [3.05, 3.63) is 29.8 Å². The molecule has 2 atom stereocenters. The van der Waals surface area contributed by atoms with Gasteiger partial charge in [0.15, 0.2) is 0 Å². The minimum atomic E-state index is -1.02. The van der Waals surface area contributed by atoms with E-state index in [2.05, 4.69) is 17.6 Å². The fraction of sp³-hybridized carbons (Fsp3) is 0.654. The second-order valence-corrected chi connectivity index (χ2v) is 9.57. The van der Waals surface area contributed by atoms with Crippen LogP contribution in [0.4, 0.5) is 4.79 Å². The zero-order chi connectivity index (χ0) is 25.7. The molecular formula is C26H43N3O5. The van der Waals surface area contributed by atoms with Gasteiger partial charge in [-0.05, 0) is 46.6 Å². The molecule has 8 heteroatoms. The number of rotatable bonds is 13. The van der Waals surface area contributed by atoms with Crippen LogP contribution in [-0.4, -0.2) is 52.6 Å². The third kappa shape index (κ3) is 10.0. The highest BCUT2D eigenvalue weighted by Gasteiger charge is 2.35. The Labute approximate surface area is 204 Å². The standard InChI is InChI=1S/C26H43N3O5/c1-7-9-11-14-18-29(24(32)19(3)28-25(33)34-26(4,5)6)22(23(31)27-17-10-8-2)20-15-12-13-16-21(20)30/h12-13,15-16,19,22,30H,7-11,14,17-18H2,1-6H3,(H,27,31)(H,28,33). The lowest BCUT2D eigenvalue weighted by atomic mass is 10.0. The van der Waals surface area contributed by atoms with Crippen LogP contribution in [0.3, 0.4) is 0 Å². The van der Waals surface area contributed by atoms with Crippen LogP contribution in [0, 0.1) is 0 Å². The Morgan fingerprint density at radius 1 is 1.03 bits per heavy atom. The van der Waals surface area contributed by atoms with Crippen LogP contribution in [0.25, 0.3) is 0 Å². The highest BCUT2D eigenvalue weighted by Crippen LogP contribution is 2.30. The maximum atomic E-state index is 13.6. The number of para-hydroxylation sites is 1. The molecule has 3 N–H and O–H groups in total. The molecular weight excluding hydrogens is 434 g/mol. The molecule has 1 aromatic carbocycles. The van der Waals surface area contributed by atoms with E-state index in [-0.39, 0.29) is 11.7 Å². The number of hydrogen-bond acceptors (Lipinski definition) is 5. The summed E-state index contributed by atoms with van der Waals surface area (Å²) in [5.41, 5.74) is -0.352. The normalized spacial score (nSPS) is 13.0. The van der Waals surface area contributed by atoms with Gasteiger partial charge in [0, 0.05) is 18.7 Å². The van der Waals surface area contributed by atoms with Crippen molar-refractivity contribution in [1.29, 1.82) is 0 Å². The van der Waals surface area contributed by atoms with Gasteiger partial charge in [-0.1, -0.05) is 57.7 Å². The molecule has 0 aromatic heterocycles. The topological polar surface area (TPSA) is 108 Å². The molecule has 34 heavy (non-hydrogen) atoms. The first-order valence-corrected chi connectivity index (χ1v) is 12.4. The lowest BCUT2D eigenvalue weighted by molar-refractivity contribution is -0.142. The zero-order valence-corrected chi connectivity index (χ0v) is 21.6. The van der Waals surface area contributed by atoms with Gasteiger partial charge in [-0.3, -0.25) is 9.59 Å². The predicted octanol–water partition coefficient (Wildman–Crippen LogP) is 4.67. The second kappa shape index (κ2) is 14.5. The van der Waals surface area contributed by atoms with E-state index in [1.54, 1.807) is 45.9 Å². The van der Waals surface area contributed by atoms with Gasteiger partial charge in [-0.25, -0.2) is 4.79 Å². The Kier molecular flexibility index (Phi) is 12.5. The van der Waals surface area contributed by atoms with Crippen molar-refractivity contribution < 1.29 is 24.2 Å². The molecule has 0 saturated heterocycles. The van der Waals surface area contributed by atoms with Gasteiger partial charge < -0.3 is 25.4 Å². The summed E-state index contributed by atoms with van der Waals surface area (Å²) in [7, 11) is 0. The number of carbonyl (C=O) groups is 3. The number of unbranched alkanes of at least 4 members (excludes halogenated alkanes) is 4. The van der Waals surface area contributed by atoms with Crippen LogP contribution in [0.1, 0.15) is 91.7 Å². The van der Waals surface area contributed by atoms with Crippen LogP contribution >= 0.6 is 0 Å². The van der Waals surface area contributed by atoms with Gasteiger partial charge in [0.1, 0.15) is 23.4 Å². The highest BCUT2D eigenvalue weighted by molar-refractivity contribution is 5.92. The maximum Gasteiger partial charge on any atom is 0.408 e. The van der Waals surface area contributed by atoms with Crippen molar-refractivity contribution in [2.45, 2.75) is 97.8 Å². The summed E-state index contributed by atoms with van der Waals surface area (Å²) >= 11 is 0. The van der Waals surface area contributed by atoms with Gasteiger partial charge in [-0.15, -0.1) is 0 Å². The number of benzene rings is 1. The molecule has 1 aromatic rings. The summed E-state index contributed by atoms with van der Waals surface area (Å²) in [4.78, 5) is 40.6. The minimum absolute atomic E-state index is 0.0581. The number of hydrogen-bond donors (Lipinski definition) is 3. The quantitative estimate of drug-likeness (QED) is 0.358. The molecule has 0 aliphatic carbocycles. The first-order valence-electron chi connectivity index (χ1n) is 12.4. The second-order valence-electron chi connectivity index (χ2n) is 9.57. The molecule has 0 heterocycles. The number of carbonyl (C=O) groups excluding carboxylic acids is 3. The van der Waals surface area contributed by atoms with Crippen molar-refractivity contribution in [3.63, 3.8) is 0 Å². The molecule has 0 fully saturated rings. The molecule has 0 radical (unpaired) electrons. The molecule has 1 rings (SSSR count). The van der Waals surface area contributed by atoms with Crippen LogP contribution in [0.15, 0.2) is 24.3 Å². The molecule has 192 valence electrons. The average Bonchev–Trinajstić information content (AvgIpc) is 2.75. The summed E-state index contributed by atoms with van der Waals surface area (Å²) in [6.45, 7) is 11.7. The minimum Gasteiger partial charge on any atom is -0.508 e. The molecule has 0 bridgehead atoms. The van der Waals surface area contributed by atoms with E-state index in [0.29, 0.717) is 25.1 Å². The third-order valence-corrected chi connectivity index (χ3v) is 5.26. The van der Waals surface area contributed by atoms with E-state index in [1.807, 2.05) is 6.92 Å². The van der Waals surface area contributed by atoms with E-state index >= 15 is 0 Å². The van der Waals surface area contributed by atoms with Crippen molar-refractivity contribution >= 4 is 17.9 Å². The van der Waals surface area contributed by atoms with Gasteiger partial charge in [-0.2, -0.15) is 0 Å². The van der Waals surface area contributed by atoms with Crippen LogP contribution in [0.5, 0.6) is 5.75 Å². The van der Waals surface area contributed by atoms with E-state index in [0.717, 1.165) is 32.1 Å². The Morgan fingerprint density at radius 3 is 2.26 bits per heavy atom. The van der Waals surface area contributed by atoms with E-state index in [9.17, 15) is 19.5 Å². The number of nitrogens with zero attached hydrogens (tertiary/aromatic N) is 1. The summed E-state index contributed by atoms with van der Waals surface area (Å²) in [5, 5.41) is 16.0. The SMILES string of the molecule is CCCCCCN(C(=O)C(C)NC(=O)OC(C)(C)C)C(C(=O)NCCCC)c1ccccc1O. The number of nitrogens with one attached hydrogen (secondary N) is 2. The number of alkyl carbamates (subject to hydrolysis) is 1. The fourth-order valence-electron chi connectivity index (χ4n) is 3.52. The summed E-state index contributed by atoms with van der Waals surface area (Å²) in [6.07, 6.45) is 4.66. The van der Waals surface area contributed by atoms with Gasteiger partial charge in [0.25, 0.3) is 0 Å². The molecule has 8 nitrogen and oxygen atoms in total. The van der Waals surface area contributed by atoms with Crippen molar-refractivity contribution in [3.8, 4) is 5.75 Å². The maximum absolute atomic E-state index is 13.6. The zero-order valence-electron chi connectivity index (χ0n) is 21.6. The van der Waals surface area contributed by atoms with Crippen molar-refractivity contribution in [2.24, 2.45) is 0 Å². The Balaban J connectivity index is 3.26. The monoisotopic (exact) mass is 477 g/mol. The Hall–Kier alpha value is -2.77. The summed E-state index contributed by atoms with van der Waals surface area (Å²) < 4.78 is 5.29. The number of phenolic OH excluding ortho intramolecular Hbond substituents is 1. The van der Waals surface area contributed by atoms with Crippen LogP contribution in [-0.2, 0) is 14.3 Å².